The molecular weight excluding hydrogens is 244 g/mol. The molecule has 2 rings (SSSR count). The van der Waals surface area contributed by atoms with Crippen LogP contribution in [0.5, 0.6) is 0 Å². The van der Waals surface area contributed by atoms with Gasteiger partial charge in [-0.15, -0.1) is 0 Å². The topological polar surface area (TPSA) is 38.5 Å². The number of ether oxygens (including phenoxy) is 1. The molecule has 0 bridgehead atoms. The number of thiocarbonyl (C=S) groups is 1. The van der Waals surface area contributed by atoms with Gasteiger partial charge in [-0.2, -0.15) is 0 Å². The molecule has 4 heteroatoms. The van der Waals surface area contributed by atoms with E-state index in [2.05, 4.69) is 30.9 Å². The van der Waals surface area contributed by atoms with Crippen LogP contribution in [0.2, 0.25) is 0 Å². The molecule has 3 nitrogen and oxygen atoms in total. The van der Waals surface area contributed by atoms with E-state index in [9.17, 15) is 0 Å². The summed E-state index contributed by atoms with van der Waals surface area (Å²) >= 11 is 4.99. The highest BCUT2D eigenvalue weighted by molar-refractivity contribution is 7.80. The second-order valence-corrected chi connectivity index (χ2v) is 5.36. The summed E-state index contributed by atoms with van der Waals surface area (Å²) in [5.41, 5.74) is 9.17. The Balaban J connectivity index is 2.07. The second-order valence-electron chi connectivity index (χ2n) is 4.92. The van der Waals surface area contributed by atoms with Gasteiger partial charge in [0.15, 0.2) is 0 Å². The number of hydrogen-bond acceptors (Lipinski definition) is 3. The summed E-state index contributed by atoms with van der Waals surface area (Å²) in [6.45, 7) is 8.02. The largest absolute Gasteiger partial charge is 0.389 e. The lowest BCUT2D eigenvalue weighted by molar-refractivity contribution is -0.0212. The van der Waals surface area contributed by atoms with Crippen molar-refractivity contribution in [3.8, 4) is 0 Å². The lowest BCUT2D eigenvalue weighted by atomic mass is 10.0. The number of benzene rings is 1. The number of aryl methyl sites for hydroxylation is 1. The number of rotatable bonds is 3. The Labute approximate surface area is 114 Å². The molecule has 1 aliphatic heterocycles. The zero-order valence-corrected chi connectivity index (χ0v) is 11.8. The standard InChI is InChI=1S/C14H20N2OS/c1-10-7-12(14(15)18)3-4-13(10)9-16-5-6-17-11(2)8-16/h3-4,7,11H,5-6,8-9H2,1-2H3,(H2,15,18). The van der Waals surface area contributed by atoms with Crippen molar-refractivity contribution in [3.05, 3.63) is 34.9 Å². The minimum absolute atomic E-state index is 0.329. The zero-order chi connectivity index (χ0) is 13.1. The summed E-state index contributed by atoms with van der Waals surface area (Å²) in [7, 11) is 0. The van der Waals surface area contributed by atoms with E-state index in [1.54, 1.807) is 0 Å². The summed E-state index contributed by atoms with van der Waals surface area (Å²) in [6, 6.07) is 6.21. The molecule has 0 saturated carbocycles. The number of nitrogens with two attached hydrogens (primary N) is 1. The van der Waals surface area contributed by atoms with Crippen molar-refractivity contribution in [2.24, 2.45) is 5.73 Å². The molecule has 1 unspecified atom stereocenters. The molecule has 1 heterocycles. The maximum absolute atomic E-state index is 5.64. The summed E-state index contributed by atoms with van der Waals surface area (Å²) < 4.78 is 5.55. The molecule has 0 amide bonds. The molecular formula is C14H20N2OS. The van der Waals surface area contributed by atoms with Crippen molar-refractivity contribution < 1.29 is 4.74 Å². The molecule has 1 atom stereocenters. The first-order valence-corrected chi connectivity index (χ1v) is 6.70. The van der Waals surface area contributed by atoms with Gasteiger partial charge in [0.2, 0.25) is 0 Å². The first-order chi connectivity index (χ1) is 8.56. The van der Waals surface area contributed by atoms with Crippen LogP contribution in [0.15, 0.2) is 18.2 Å². The van der Waals surface area contributed by atoms with Gasteiger partial charge < -0.3 is 10.5 Å². The van der Waals surface area contributed by atoms with E-state index in [1.807, 2.05) is 6.07 Å². The minimum atomic E-state index is 0.329. The fraction of sp³-hybridized carbons (Fsp3) is 0.500. The van der Waals surface area contributed by atoms with Crippen molar-refractivity contribution in [2.75, 3.05) is 19.7 Å². The quantitative estimate of drug-likeness (QED) is 0.846. The number of nitrogens with zero attached hydrogens (tertiary/aromatic N) is 1. The van der Waals surface area contributed by atoms with Crippen LogP contribution in [0.25, 0.3) is 0 Å². The zero-order valence-electron chi connectivity index (χ0n) is 11.0. The van der Waals surface area contributed by atoms with E-state index in [0.29, 0.717) is 11.1 Å². The monoisotopic (exact) mass is 264 g/mol. The van der Waals surface area contributed by atoms with Crippen molar-refractivity contribution in [1.29, 1.82) is 0 Å². The van der Waals surface area contributed by atoms with Gasteiger partial charge in [-0.25, -0.2) is 0 Å². The molecule has 0 spiro atoms. The lowest BCUT2D eigenvalue weighted by Crippen LogP contribution is -2.40. The molecule has 18 heavy (non-hydrogen) atoms. The maximum atomic E-state index is 5.64. The molecule has 1 aromatic rings. The Bertz CT molecular complexity index is 447. The van der Waals surface area contributed by atoms with Crippen molar-refractivity contribution >= 4 is 17.2 Å². The van der Waals surface area contributed by atoms with Gasteiger partial charge in [0.25, 0.3) is 0 Å². The fourth-order valence-corrected chi connectivity index (χ4v) is 2.43. The first kappa shape index (κ1) is 13.5. The molecule has 1 fully saturated rings. The minimum Gasteiger partial charge on any atom is -0.389 e. The highest BCUT2D eigenvalue weighted by Crippen LogP contribution is 2.15. The van der Waals surface area contributed by atoms with Gasteiger partial charge in [-0.1, -0.05) is 24.4 Å². The average Bonchev–Trinajstić information content (AvgIpc) is 2.31. The summed E-state index contributed by atoms with van der Waals surface area (Å²) in [5.74, 6) is 0. The van der Waals surface area contributed by atoms with Crippen LogP contribution in [-0.2, 0) is 11.3 Å². The molecule has 0 radical (unpaired) electrons. The van der Waals surface area contributed by atoms with Crippen molar-refractivity contribution in [2.45, 2.75) is 26.5 Å². The Hall–Kier alpha value is -0.970. The van der Waals surface area contributed by atoms with Crippen LogP contribution in [0.1, 0.15) is 23.6 Å². The van der Waals surface area contributed by atoms with Gasteiger partial charge in [0, 0.05) is 25.2 Å². The summed E-state index contributed by atoms with van der Waals surface area (Å²) in [5, 5.41) is 0. The molecule has 2 N–H and O–H groups in total. The van der Waals surface area contributed by atoms with E-state index >= 15 is 0 Å². The van der Waals surface area contributed by atoms with Crippen LogP contribution >= 0.6 is 12.2 Å². The molecule has 98 valence electrons. The molecule has 1 aliphatic rings. The smallest absolute Gasteiger partial charge is 0.103 e. The average molecular weight is 264 g/mol. The normalized spacial score (nSPS) is 20.9. The van der Waals surface area contributed by atoms with Gasteiger partial charge in [-0.3, -0.25) is 4.90 Å². The molecule has 1 aromatic carbocycles. The van der Waals surface area contributed by atoms with Crippen molar-refractivity contribution in [3.63, 3.8) is 0 Å². The third-order valence-electron chi connectivity index (χ3n) is 3.35. The van der Waals surface area contributed by atoms with E-state index in [1.165, 1.54) is 11.1 Å². The Morgan fingerprint density at radius 1 is 1.56 bits per heavy atom. The molecule has 0 aromatic heterocycles. The van der Waals surface area contributed by atoms with Crippen LogP contribution in [-0.4, -0.2) is 35.7 Å². The highest BCUT2D eigenvalue weighted by atomic mass is 32.1. The third-order valence-corrected chi connectivity index (χ3v) is 3.58. The predicted octanol–water partition coefficient (Wildman–Crippen LogP) is 1.85. The second kappa shape index (κ2) is 5.78. The summed E-state index contributed by atoms with van der Waals surface area (Å²) in [6.07, 6.45) is 0.329. The van der Waals surface area contributed by atoms with E-state index < -0.39 is 0 Å². The Morgan fingerprint density at radius 2 is 2.33 bits per heavy atom. The van der Waals surface area contributed by atoms with E-state index in [4.69, 9.17) is 22.7 Å². The van der Waals surface area contributed by atoms with E-state index in [0.717, 1.165) is 31.8 Å². The van der Waals surface area contributed by atoms with Gasteiger partial charge in [0.05, 0.1) is 12.7 Å². The highest BCUT2D eigenvalue weighted by Gasteiger charge is 2.17. The molecule has 1 saturated heterocycles. The third kappa shape index (κ3) is 3.28. The van der Waals surface area contributed by atoms with Crippen LogP contribution < -0.4 is 5.73 Å². The van der Waals surface area contributed by atoms with Gasteiger partial charge in [0.1, 0.15) is 4.99 Å². The SMILES string of the molecule is Cc1cc(C(N)=S)ccc1CN1CCOC(C)C1. The van der Waals surface area contributed by atoms with Gasteiger partial charge in [-0.05, 0) is 31.0 Å². The maximum Gasteiger partial charge on any atom is 0.103 e. The van der Waals surface area contributed by atoms with Crippen LogP contribution in [0.4, 0.5) is 0 Å². The van der Waals surface area contributed by atoms with E-state index in [-0.39, 0.29) is 0 Å². The number of morpholine rings is 1. The molecule has 0 aliphatic carbocycles. The van der Waals surface area contributed by atoms with Crippen LogP contribution in [0, 0.1) is 6.92 Å². The Kier molecular flexibility index (Phi) is 4.32. The lowest BCUT2D eigenvalue weighted by Gasteiger charge is -2.31. The fourth-order valence-electron chi connectivity index (χ4n) is 2.30. The van der Waals surface area contributed by atoms with Crippen LogP contribution in [0.3, 0.4) is 0 Å². The number of hydrogen-bond donors (Lipinski definition) is 1. The Morgan fingerprint density at radius 3 is 2.94 bits per heavy atom. The first-order valence-electron chi connectivity index (χ1n) is 6.29. The van der Waals surface area contributed by atoms with Gasteiger partial charge >= 0.3 is 0 Å². The summed E-state index contributed by atoms with van der Waals surface area (Å²) in [4.78, 5) is 2.89. The van der Waals surface area contributed by atoms with Crippen molar-refractivity contribution in [1.82, 2.24) is 4.90 Å². The predicted molar refractivity (Wildman–Crippen MR) is 77.8 cm³/mol.